The summed E-state index contributed by atoms with van der Waals surface area (Å²) in [7, 11) is 0. The molecular formula is C24H20F3N5O4S. The van der Waals surface area contributed by atoms with Gasteiger partial charge in [0.05, 0.1) is 23.1 Å². The number of carboxylic acid groups (broad SMARTS) is 1. The van der Waals surface area contributed by atoms with Gasteiger partial charge in [0.15, 0.2) is 0 Å². The molecule has 13 heteroatoms. The normalized spacial score (nSPS) is 15.3. The molecule has 1 aromatic carbocycles. The molecule has 2 aromatic heterocycles. The summed E-state index contributed by atoms with van der Waals surface area (Å²) < 4.78 is 39.2. The van der Waals surface area contributed by atoms with Crippen molar-refractivity contribution >= 4 is 47.7 Å². The van der Waals surface area contributed by atoms with Crippen molar-refractivity contribution in [3.05, 3.63) is 71.7 Å². The van der Waals surface area contributed by atoms with E-state index < -0.39 is 35.2 Å². The van der Waals surface area contributed by atoms with Crippen molar-refractivity contribution < 1.29 is 32.7 Å². The Kier molecular flexibility index (Phi) is 6.59. The first-order valence-corrected chi connectivity index (χ1v) is 11.2. The van der Waals surface area contributed by atoms with Gasteiger partial charge in [-0.3, -0.25) is 4.79 Å². The maximum atomic E-state index is 13.3. The summed E-state index contributed by atoms with van der Waals surface area (Å²) in [6.07, 6.45) is -1.77. The van der Waals surface area contributed by atoms with Gasteiger partial charge < -0.3 is 15.3 Å². The topological polar surface area (TPSA) is 116 Å². The highest BCUT2D eigenvalue weighted by atomic mass is 32.1. The van der Waals surface area contributed by atoms with E-state index in [1.54, 1.807) is 26.0 Å². The first-order valence-electron chi connectivity index (χ1n) is 10.8. The third-order valence-electron chi connectivity index (χ3n) is 5.79. The van der Waals surface area contributed by atoms with E-state index in [0.717, 1.165) is 23.1 Å². The van der Waals surface area contributed by atoms with Crippen LogP contribution in [0.15, 0.2) is 59.8 Å². The fourth-order valence-corrected chi connectivity index (χ4v) is 4.08. The van der Waals surface area contributed by atoms with Crippen LogP contribution < -0.4 is 10.2 Å². The molecule has 0 bridgehead atoms. The second-order valence-electron chi connectivity index (χ2n) is 8.68. The van der Waals surface area contributed by atoms with Gasteiger partial charge in [0.1, 0.15) is 17.1 Å². The van der Waals surface area contributed by atoms with Gasteiger partial charge in [-0.25, -0.2) is 24.5 Å². The molecule has 3 aromatic rings. The lowest BCUT2D eigenvalue weighted by Gasteiger charge is -2.27. The molecule has 0 spiro atoms. The Labute approximate surface area is 214 Å². The number of imide groups is 1. The maximum absolute atomic E-state index is 13.3. The number of benzene rings is 1. The largest absolute Gasteiger partial charge is 0.477 e. The van der Waals surface area contributed by atoms with Crippen molar-refractivity contribution in [2.45, 2.75) is 37.0 Å². The molecule has 9 nitrogen and oxygen atoms in total. The Balaban J connectivity index is 1.57. The van der Waals surface area contributed by atoms with Crippen LogP contribution in [0, 0.1) is 0 Å². The van der Waals surface area contributed by atoms with Crippen LogP contribution in [0.1, 0.15) is 35.5 Å². The van der Waals surface area contributed by atoms with E-state index in [1.807, 2.05) is 0 Å². The second-order valence-corrected chi connectivity index (χ2v) is 9.16. The van der Waals surface area contributed by atoms with Crippen molar-refractivity contribution in [1.29, 1.82) is 0 Å². The number of urea groups is 1. The van der Waals surface area contributed by atoms with Gasteiger partial charge in [0, 0.05) is 17.6 Å². The molecule has 3 heterocycles. The lowest BCUT2D eigenvalue weighted by Crippen LogP contribution is -2.43. The van der Waals surface area contributed by atoms with Gasteiger partial charge in [-0.05, 0) is 61.9 Å². The number of amides is 3. The molecule has 0 aliphatic carbocycles. The summed E-state index contributed by atoms with van der Waals surface area (Å²) in [5.74, 6) is -1.38. The monoisotopic (exact) mass is 531 g/mol. The summed E-state index contributed by atoms with van der Waals surface area (Å²) in [5, 5.41) is 12.0. The third-order valence-corrected chi connectivity index (χ3v) is 6.15. The van der Waals surface area contributed by atoms with Crippen LogP contribution in [0.5, 0.6) is 0 Å². The van der Waals surface area contributed by atoms with E-state index in [0.29, 0.717) is 17.1 Å². The van der Waals surface area contributed by atoms with Crippen LogP contribution in [0.2, 0.25) is 0 Å². The summed E-state index contributed by atoms with van der Waals surface area (Å²) in [6.45, 7) is 3.10. The van der Waals surface area contributed by atoms with E-state index in [4.69, 9.17) is 5.11 Å². The van der Waals surface area contributed by atoms with Crippen LogP contribution >= 0.6 is 12.6 Å². The average Bonchev–Trinajstić information content (AvgIpc) is 2.98. The molecule has 3 amide bonds. The summed E-state index contributed by atoms with van der Waals surface area (Å²) in [6, 6.07) is 8.06. The molecule has 4 rings (SSSR count). The molecule has 1 fully saturated rings. The molecule has 0 atom stereocenters. The van der Waals surface area contributed by atoms with E-state index >= 15 is 0 Å². The van der Waals surface area contributed by atoms with Crippen LogP contribution in [-0.2, 0) is 17.5 Å². The Hall–Kier alpha value is -4.13. The van der Waals surface area contributed by atoms with E-state index in [9.17, 15) is 27.6 Å². The van der Waals surface area contributed by atoms with Crippen LogP contribution in [0.25, 0.3) is 0 Å². The zero-order valence-corrected chi connectivity index (χ0v) is 20.3. The third kappa shape index (κ3) is 5.07. The quantitative estimate of drug-likeness (QED) is 0.304. The smallest absolute Gasteiger partial charge is 0.416 e. The first kappa shape index (κ1) is 25.9. The fraction of sp³-hybridized carbons (Fsp3) is 0.208. The minimum Gasteiger partial charge on any atom is -0.477 e. The zero-order chi connectivity index (χ0) is 27.1. The number of pyridine rings is 2. The van der Waals surface area contributed by atoms with Crippen molar-refractivity contribution in [1.82, 2.24) is 14.9 Å². The summed E-state index contributed by atoms with van der Waals surface area (Å²) in [5.41, 5.74) is -1.31. The molecule has 37 heavy (non-hydrogen) atoms. The minimum absolute atomic E-state index is 0.00398. The van der Waals surface area contributed by atoms with Gasteiger partial charge in [-0.2, -0.15) is 13.2 Å². The Morgan fingerprint density at radius 3 is 2.43 bits per heavy atom. The minimum atomic E-state index is -4.60. The van der Waals surface area contributed by atoms with E-state index in [2.05, 4.69) is 27.9 Å². The summed E-state index contributed by atoms with van der Waals surface area (Å²) in [4.78, 5) is 47.5. The molecule has 192 valence electrons. The average molecular weight is 532 g/mol. The number of nitrogens with one attached hydrogen (secondary N) is 1. The number of carboxylic acids is 1. The fourth-order valence-electron chi connectivity index (χ4n) is 3.77. The van der Waals surface area contributed by atoms with Gasteiger partial charge in [0.2, 0.25) is 0 Å². The number of carbonyl (C=O) groups excluding carboxylic acids is 2. The predicted octanol–water partition coefficient (Wildman–Crippen LogP) is 4.97. The summed E-state index contributed by atoms with van der Waals surface area (Å²) >= 11 is 4.10. The van der Waals surface area contributed by atoms with Gasteiger partial charge >= 0.3 is 18.2 Å². The van der Waals surface area contributed by atoms with Crippen molar-refractivity contribution in [2.24, 2.45) is 0 Å². The number of hydrogen-bond acceptors (Lipinski definition) is 7. The van der Waals surface area contributed by atoms with Crippen molar-refractivity contribution in [3.63, 3.8) is 0 Å². The number of thiol groups is 1. The highest BCUT2D eigenvalue weighted by Gasteiger charge is 2.52. The molecule has 2 N–H and O–H groups in total. The SMILES string of the molecule is CC1(C)C(=O)N(c2ccc(C(F)(F)F)cc2S)C(=O)N1Cc1ccnc(Nc2ccc(C(=O)O)nc2)c1. The molecular weight excluding hydrogens is 511 g/mol. The van der Waals surface area contributed by atoms with Crippen LogP contribution in [0.4, 0.5) is 35.2 Å². The Morgan fingerprint density at radius 1 is 1.11 bits per heavy atom. The Morgan fingerprint density at radius 2 is 1.84 bits per heavy atom. The molecule has 1 saturated heterocycles. The number of aromatic carboxylic acids is 1. The number of aromatic nitrogens is 2. The Bertz CT molecular complexity index is 1400. The number of halogens is 3. The lowest BCUT2D eigenvalue weighted by molar-refractivity contribution is -0.137. The lowest BCUT2D eigenvalue weighted by atomic mass is 10.0. The van der Waals surface area contributed by atoms with Gasteiger partial charge in [-0.1, -0.05) is 0 Å². The molecule has 1 aliphatic rings. The van der Waals surface area contributed by atoms with Crippen LogP contribution in [-0.4, -0.2) is 43.4 Å². The molecule has 0 saturated carbocycles. The van der Waals surface area contributed by atoms with Crippen molar-refractivity contribution in [3.8, 4) is 0 Å². The second kappa shape index (κ2) is 9.39. The van der Waals surface area contributed by atoms with E-state index in [-0.39, 0.29) is 22.8 Å². The standard InChI is InChI=1S/C24H20F3N5O4S/c1-23(2)21(35)32(17-6-3-14(10-18(17)37)24(25,26)27)22(36)31(23)12-13-7-8-28-19(9-13)30-15-4-5-16(20(33)34)29-11-15/h3-11,37H,12H2,1-2H3,(H,28,30)(H,33,34). The molecule has 0 radical (unpaired) electrons. The van der Waals surface area contributed by atoms with E-state index in [1.165, 1.54) is 29.4 Å². The van der Waals surface area contributed by atoms with Gasteiger partial charge in [-0.15, -0.1) is 12.6 Å². The number of alkyl halides is 3. The highest BCUT2D eigenvalue weighted by Crippen LogP contribution is 2.39. The first-order chi connectivity index (χ1) is 17.3. The maximum Gasteiger partial charge on any atom is 0.416 e. The highest BCUT2D eigenvalue weighted by molar-refractivity contribution is 7.80. The number of hydrogen-bond donors (Lipinski definition) is 3. The molecule has 0 unspecified atom stereocenters. The number of carbonyl (C=O) groups is 3. The zero-order valence-electron chi connectivity index (χ0n) is 19.4. The number of rotatable bonds is 6. The molecule has 1 aliphatic heterocycles. The van der Waals surface area contributed by atoms with Gasteiger partial charge in [0.25, 0.3) is 5.91 Å². The number of nitrogens with zero attached hydrogens (tertiary/aromatic N) is 4. The van der Waals surface area contributed by atoms with Crippen LogP contribution in [0.3, 0.4) is 0 Å². The predicted molar refractivity (Wildman–Crippen MR) is 130 cm³/mol. The number of anilines is 3. The van der Waals surface area contributed by atoms with Crippen molar-refractivity contribution in [2.75, 3.05) is 10.2 Å².